The van der Waals surface area contributed by atoms with Gasteiger partial charge in [-0.25, -0.2) is 0 Å². The Bertz CT molecular complexity index is 686. The minimum absolute atomic E-state index is 0.0319. The number of piperidine rings is 1. The highest BCUT2D eigenvalue weighted by molar-refractivity contribution is 5.16. The Labute approximate surface area is 184 Å². The van der Waals surface area contributed by atoms with Crippen molar-refractivity contribution >= 4 is 0 Å². The Kier molecular flexibility index (Phi) is 4.58. The summed E-state index contributed by atoms with van der Waals surface area (Å²) in [5.74, 6) is 5.57. The fourth-order valence-corrected chi connectivity index (χ4v) is 10.4. The van der Waals surface area contributed by atoms with Gasteiger partial charge in [0.05, 0.1) is 12.2 Å². The van der Waals surface area contributed by atoms with Crippen LogP contribution in [-0.2, 0) is 4.74 Å². The third-order valence-corrected chi connectivity index (χ3v) is 12.1. The van der Waals surface area contributed by atoms with Gasteiger partial charge in [-0.1, -0.05) is 27.7 Å². The maximum Gasteiger partial charge on any atom is 0.122 e. The van der Waals surface area contributed by atoms with Crippen molar-refractivity contribution in [3.8, 4) is 0 Å². The zero-order chi connectivity index (χ0) is 20.9. The Hall–Kier alpha value is -0.120. The van der Waals surface area contributed by atoms with Crippen molar-refractivity contribution in [3.05, 3.63) is 0 Å². The molecule has 4 unspecified atom stereocenters. The number of aliphatic hydroxyl groups is 1. The molecule has 2 N–H and O–H groups in total. The van der Waals surface area contributed by atoms with E-state index in [-0.39, 0.29) is 11.8 Å². The van der Waals surface area contributed by atoms with Crippen LogP contribution in [0.2, 0.25) is 0 Å². The predicted molar refractivity (Wildman–Crippen MR) is 120 cm³/mol. The molecule has 4 aliphatic carbocycles. The zero-order valence-corrected chi connectivity index (χ0v) is 19.8. The van der Waals surface area contributed by atoms with Crippen LogP contribution >= 0.6 is 0 Å². The molecule has 30 heavy (non-hydrogen) atoms. The summed E-state index contributed by atoms with van der Waals surface area (Å²) in [5.41, 5.74) is 0.919. The molecule has 0 aromatic heterocycles. The molecule has 1 spiro atoms. The molecular formula is C27H45NO2. The highest BCUT2D eigenvalue weighted by atomic mass is 16.5. The van der Waals surface area contributed by atoms with Gasteiger partial charge in [0.25, 0.3) is 0 Å². The standard InChI is InChI=1S/C27H45NO2/c1-16-7-12-27(28-15-16)17(2)24-23(30-27)14-22-20-6-5-18-13-19(29)8-10-25(18,3)21(20)9-11-26(22,24)4/h16-24,28-29H,5-15H2,1-4H3/t16?,17-,18?,19?,20+,21-,22-,23-,24-,25-,26-,27?/m0/s1. The zero-order valence-electron chi connectivity index (χ0n) is 19.8. The van der Waals surface area contributed by atoms with Crippen molar-refractivity contribution in [2.45, 2.75) is 110 Å². The van der Waals surface area contributed by atoms with Crippen LogP contribution in [-0.4, -0.2) is 29.6 Å². The van der Waals surface area contributed by atoms with Crippen LogP contribution in [0.25, 0.3) is 0 Å². The van der Waals surface area contributed by atoms with E-state index in [2.05, 4.69) is 33.0 Å². The molecule has 2 aliphatic heterocycles. The minimum atomic E-state index is -0.0320. The maximum atomic E-state index is 10.3. The SMILES string of the molecule is CC1CCC2(NC1)O[C@H]1C[C@H]3[C@@H]4CCC5CC(O)CC[C@]5(C)[C@H]4CC[C@]3(C)[C@H]1[C@@H]2C. The second kappa shape index (κ2) is 6.70. The van der Waals surface area contributed by atoms with Gasteiger partial charge in [0.1, 0.15) is 5.72 Å². The first-order chi connectivity index (χ1) is 14.3. The number of hydrogen-bond donors (Lipinski definition) is 2. The summed E-state index contributed by atoms with van der Waals surface area (Å²) in [5, 5.41) is 14.2. The average molecular weight is 416 g/mol. The molecule has 0 aromatic carbocycles. The molecule has 0 amide bonds. The number of nitrogens with one attached hydrogen (secondary N) is 1. The Morgan fingerprint density at radius 1 is 0.867 bits per heavy atom. The highest BCUT2D eigenvalue weighted by Gasteiger charge is 2.68. The Morgan fingerprint density at radius 2 is 1.67 bits per heavy atom. The number of ether oxygens (including phenoxy) is 1. The topological polar surface area (TPSA) is 41.5 Å². The summed E-state index contributed by atoms with van der Waals surface area (Å²) >= 11 is 0. The minimum Gasteiger partial charge on any atom is -0.393 e. The third-order valence-electron chi connectivity index (χ3n) is 12.1. The van der Waals surface area contributed by atoms with Gasteiger partial charge in [0, 0.05) is 12.5 Å². The van der Waals surface area contributed by atoms with Gasteiger partial charge in [-0.05, 0) is 111 Å². The number of fused-ring (bicyclic) bond motifs is 7. The van der Waals surface area contributed by atoms with E-state index in [1.807, 2.05) is 0 Å². The third kappa shape index (κ3) is 2.61. The molecule has 3 nitrogen and oxygen atoms in total. The summed E-state index contributed by atoms with van der Waals surface area (Å²) in [4.78, 5) is 0. The van der Waals surface area contributed by atoms with Crippen molar-refractivity contribution < 1.29 is 9.84 Å². The lowest BCUT2D eigenvalue weighted by Crippen LogP contribution is -2.57. The van der Waals surface area contributed by atoms with Crippen molar-refractivity contribution in [1.29, 1.82) is 0 Å². The van der Waals surface area contributed by atoms with Crippen LogP contribution in [0, 0.1) is 52.3 Å². The van der Waals surface area contributed by atoms with E-state index >= 15 is 0 Å². The molecule has 6 fully saturated rings. The fourth-order valence-electron chi connectivity index (χ4n) is 10.4. The number of hydrogen-bond acceptors (Lipinski definition) is 3. The highest BCUT2D eigenvalue weighted by Crippen LogP contribution is 2.71. The summed E-state index contributed by atoms with van der Waals surface area (Å²) in [6.07, 6.45) is 13.2. The number of rotatable bonds is 0. The average Bonchev–Trinajstić information content (AvgIpc) is 3.16. The number of aliphatic hydroxyl groups excluding tert-OH is 1. The van der Waals surface area contributed by atoms with Gasteiger partial charge in [-0.3, -0.25) is 5.32 Å². The van der Waals surface area contributed by atoms with Crippen molar-refractivity contribution in [2.24, 2.45) is 52.3 Å². The summed E-state index contributed by atoms with van der Waals surface area (Å²) < 4.78 is 7.01. The van der Waals surface area contributed by atoms with Crippen LogP contribution in [0.4, 0.5) is 0 Å². The monoisotopic (exact) mass is 415 g/mol. The van der Waals surface area contributed by atoms with Crippen LogP contribution in [0.5, 0.6) is 0 Å². The first-order valence-corrected chi connectivity index (χ1v) is 13.4. The van der Waals surface area contributed by atoms with E-state index in [9.17, 15) is 5.11 Å². The van der Waals surface area contributed by atoms with E-state index < -0.39 is 0 Å². The van der Waals surface area contributed by atoms with Gasteiger partial charge >= 0.3 is 0 Å². The molecule has 0 radical (unpaired) electrons. The second-order valence-corrected chi connectivity index (χ2v) is 13.3. The van der Waals surface area contributed by atoms with E-state index in [1.54, 1.807) is 0 Å². The van der Waals surface area contributed by atoms with E-state index in [0.29, 0.717) is 22.9 Å². The van der Waals surface area contributed by atoms with Crippen LogP contribution in [0.15, 0.2) is 0 Å². The largest absolute Gasteiger partial charge is 0.393 e. The molecule has 6 rings (SSSR count). The van der Waals surface area contributed by atoms with Gasteiger partial charge in [0.2, 0.25) is 0 Å². The Morgan fingerprint density at radius 3 is 2.43 bits per heavy atom. The molecule has 0 bridgehead atoms. The Balaban J connectivity index is 1.26. The van der Waals surface area contributed by atoms with Gasteiger partial charge in [-0.2, -0.15) is 0 Å². The van der Waals surface area contributed by atoms with Crippen LogP contribution in [0.1, 0.15) is 91.9 Å². The first-order valence-electron chi connectivity index (χ1n) is 13.4. The maximum absolute atomic E-state index is 10.3. The van der Waals surface area contributed by atoms with Crippen LogP contribution < -0.4 is 5.32 Å². The molecule has 170 valence electrons. The quantitative estimate of drug-likeness (QED) is 0.559. The van der Waals surface area contributed by atoms with E-state index in [0.717, 1.165) is 54.9 Å². The van der Waals surface area contributed by atoms with Gasteiger partial charge in [-0.15, -0.1) is 0 Å². The molecule has 6 aliphatic rings. The van der Waals surface area contributed by atoms with Crippen LogP contribution in [0.3, 0.4) is 0 Å². The fraction of sp³-hybridized carbons (Fsp3) is 1.00. The summed E-state index contributed by atoms with van der Waals surface area (Å²) in [6, 6.07) is 0. The summed E-state index contributed by atoms with van der Waals surface area (Å²) in [7, 11) is 0. The molecule has 2 saturated heterocycles. The van der Waals surface area contributed by atoms with Crippen molar-refractivity contribution in [3.63, 3.8) is 0 Å². The smallest absolute Gasteiger partial charge is 0.122 e. The second-order valence-electron chi connectivity index (χ2n) is 13.3. The van der Waals surface area contributed by atoms with E-state index in [1.165, 1.54) is 51.4 Å². The molecule has 0 aromatic rings. The lowest BCUT2D eigenvalue weighted by molar-refractivity contribution is -0.140. The van der Waals surface area contributed by atoms with Crippen molar-refractivity contribution in [2.75, 3.05) is 6.54 Å². The lowest BCUT2D eigenvalue weighted by atomic mass is 9.44. The van der Waals surface area contributed by atoms with Crippen molar-refractivity contribution in [1.82, 2.24) is 5.32 Å². The summed E-state index contributed by atoms with van der Waals surface area (Å²) in [6.45, 7) is 11.3. The molecular weight excluding hydrogens is 370 g/mol. The lowest BCUT2D eigenvalue weighted by Gasteiger charge is -2.61. The van der Waals surface area contributed by atoms with E-state index in [4.69, 9.17) is 4.74 Å². The molecule has 4 saturated carbocycles. The van der Waals surface area contributed by atoms with Gasteiger partial charge in [0.15, 0.2) is 0 Å². The van der Waals surface area contributed by atoms with Gasteiger partial charge < -0.3 is 9.84 Å². The molecule has 12 atom stereocenters. The predicted octanol–water partition coefficient (Wildman–Crippen LogP) is 5.37. The molecule has 2 heterocycles. The first kappa shape index (κ1) is 20.5. The normalized spacial score (nSPS) is 62.5. The molecule has 3 heteroatoms.